The first-order valence-corrected chi connectivity index (χ1v) is 16.4. The van der Waals surface area contributed by atoms with Gasteiger partial charge in [0.2, 0.25) is 0 Å². The van der Waals surface area contributed by atoms with E-state index in [1.54, 1.807) is 0 Å². The van der Waals surface area contributed by atoms with E-state index in [0.29, 0.717) is 18.0 Å². The second-order valence-electron chi connectivity index (χ2n) is 12.6. The molecule has 0 spiro atoms. The maximum absolute atomic E-state index is 13.4. The lowest BCUT2D eigenvalue weighted by Gasteiger charge is -2.48. The van der Waals surface area contributed by atoms with Gasteiger partial charge in [-0.05, 0) is 61.6 Å². The Morgan fingerprint density at radius 2 is 1.56 bits per heavy atom. The molecule has 1 aliphatic carbocycles. The van der Waals surface area contributed by atoms with Crippen LogP contribution in [0.3, 0.4) is 0 Å². The summed E-state index contributed by atoms with van der Waals surface area (Å²) in [7, 11) is 0. The lowest BCUT2D eigenvalue weighted by atomic mass is 9.79. The van der Waals surface area contributed by atoms with E-state index in [1.165, 1.54) is 30.4 Å². The average Bonchev–Trinajstić information content (AvgIpc) is 3.08. The molecular weight excluding hydrogens is 534 g/mol. The summed E-state index contributed by atoms with van der Waals surface area (Å²) >= 11 is 0. The Labute approximate surface area is 257 Å². The molecule has 3 aromatic carbocycles. The number of likely N-dealkylation sites (tertiary alicyclic amines) is 1. The standard InChI is InChI=1S/C37H47N3O3/c41-36(38-29-37(19-8-3-9-20-37)40-22-24-42-25-23-40)32-16-10-17-33(26-32)43-34-18-11-21-39(27-34)28-35(30-12-4-1-5-13-30)31-14-6-2-7-15-31/h1-2,4-7,10,12-17,26,34-35H,3,8-9,11,18-25,27-29H2,(H,38,41). The van der Waals surface area contributed by atoms with Crippen LogP contribution in [0.4, 0.5) is 0 Å². The summed E-state index contributed by atoms with van der Waals surface area (Å²) < 4.78 is 12.2. The van der Waals surface area contributed by atoms with Crippen LogP contribution in [0.5, 0.6) is 5.75 Å². The van der Waals surface area contributed by atoms with Gasteiger partial charge >= 0.3 is 0 Å². The Morgan fingerprint density at radius 3 is 2.26 bits per heavy atom. The van der Waals surface area contributed by atoms with Crippen LogP contribution in [-0.4, -0.2) is 79.8 Å². The molecule has 1 atom stereocenters. The van der Waals surface area contributed by atoms with Crippen LogP contribution < -0.4 is 10.1 Å². The molecule has 6 heteroatoms. The number of nitrogens with one attached hydrogen (secondary N) is 1. The molecule has 1 unspecified atom stereocenters. The van der Waals surface area contributed by atoms with Crippen LogP contribution in [0.15, 0.2) is 84.9 Å². The summed E-state index contributed by atoms with van der Waals surface area (Å²) in [4.78, 5) is 18.5. The molecule has 2 heterocycles. The van der Waals surface area contributed by atoms with Gasteiger partial charge in [0.25, 0.3) is 5.91 Å². The number of hydrogen-bond acceptors (Lipinski definition) is 5. The monoisotopic (exact) mass is 581 g/mol. The number of amides is 1. The summed E-state index contributed by atoms with van der Waals surface area (Å²) in [5.74, 6) is 1.09. The Hall–Kier alpha value is -3.19. The predicted octanol–water partition coefficient (Wildman–Crippen LogP) is 6.13. The van der Waals surface area contributed by atoms with Crippen LogP contribution in [0.25, 0.3) is 0 Å². The minimum absolute atomic E-state index is 0.0116. The van der Waals surface area contributed by atoms with Crippen LogP contribution in [0.2, 0.25) is 0 Å². The number of nitrogens with zero attached hydrogens (tertiary/aromatic N) is 2. The minimum atomic E-state index is -0.0116. The third-order valence-electron chi connectivity index (χ3n) is 9.75. The summed E-state index contributed by atoms with van der Waals surface area (Å²) in [6.45, 7) is 7.08. The second kappa shape index (κ2) is 14.5. The van der Waals surface area contributed by atoms with Crippen molar-refractivity contribution in [3.8, 4) is 5.75 Å². The number of ether oxygens (including phenoxy) is 2. The molecule has 3 aliphatic rings. The zero-order valence-corrected chi connectivity index (χ0v) is 25.5. The van der Waals surface area contributed by atoms with E-state index >= 15 is 0 Å². The molecule has 1 N–H and O–H groups in total. The van der Waals surface area contributed by atoms with Gasteiger partial charge in [-0.2, -0.15) is 0 Å². The van der Waals surface area contributed by atoms with Crippen molar-refractivity contribution in [2.24, 2.45) is 0 Å². The van der Waals surface area contributed by atoms with Crippen molar-refractivity contribution >= 4 is 5.91 Å². The van der Waals surface area contributed by atoms with Gasteiger partial charge in [0.15, 0.2) is 0 Å². The maximum atomic E-state index is 13.4. The molecule has 6 rings (SSSR count). The highest BCUT2D eigenvalue weighted by atomic mass is 16.5. The van der Waals surface area contributed by atoms with Crippen LogP contribution in [0.1, 0.15) is 72.3 Å². The Balaban J connectivity index is 1.07. The van der Waals surface area contributed by atoms with Crippen molar-refractivity contribution < 1.29 is 14.3 Å². The number of carbonyl (C=O) groups excluding carboxylic acids is 1. The SMILES string of the molecule is O=C(NCC1(N2CCOCC2)CCCCC1)c1cccc(OC2CCCN(CC(c3ccccc3)c3ccccc3)C2)c1. The topological polar surface area (TPSA) is 54.0 Å². The molecule has 3 aromatic rings. The zero-order chi connectivity index (χ0) is 29.3. The molecule has 228 valence electrons. The first kappa shape index (κ1) is 29.9. The molecule has 2 aliphatic heterocycles. The van der Waals surface area contributed by atoms with Gasteiger partial charge in [0, 0.05) is 49.7 Å². The molecular formula is C37H47N3O3. The fraction of sp³-hybridized carbons (Fsp3) is 0.486. The number of morpholine rings is 1. The molecule has 43 heavy (non-hydrogen) atoms. The van der Waals surface area contributed by atoms with Gasteiger partial charge < -0.3 is 14.8 Å². The van der Waals surface area contributed by atoms with Gasteiger partial charge in [-0.25, -0.2) is 0 Å². The quantitative estimate of drug-likeness (QED) is 0.312. The molecule has 0 aromatic heterocycles. The first-order valence-electron chi connectivity index (χ1n) is 16.4. The van der Waals surface area contributed by atoms with Crippen molar-refractivity contribution in [1.82, 2.24) is 15.1 Å². The van der Waals surface area contributed by atoms with Crippen molar-refractivity contribution in [1.29, 1.82) is 0 Å². The van der Waals surface area contributed by atoms with E-state index in [-0.39, 0.29) is 17.6 Å². The van der Waals surface area contributed by atoms with Gasteiger partial charge in [-0.1, -0.05) is 86.0 Å². The number of carbonyl (C=O) groups is 1. The maximum Gasteiger partial charge on any atom is 0.251 e. The van der Waals surface area contributed by atoms with Crippen molar-refractivity contribution in [3.05, 3.63) is 102 Å². The molecule has 1 amide bonds. The normalized spacial score (nSPS) is 21.4. The lowest BCUT2D eigenvalue weighted by molar-refractivity contribution is -0.0361. The first-order chi connectivity index (χ1) is 21.2. The van der Waals surface area contributed by atoms with E-state index < -0.39 is 0 Å². The molecule has 0 bridgehead atoms. The highest BCUT2D eigenvalue weighted by molar-refractivity contribution is 5.94. The molecule has 3 fully saturated rings. The fourth-order valence-electron chi connectivity index (χ4n) is 7.41. The third kappa shape index (κ3) is 7.67. The van der Waals surface area contributed by atoms with Gasteiger partial charge in [0.1, 0.15) is 11.9 Å². The van der Waals surface area contributed by atoms with Gasteiger partial charge in [0.05, 0.1) is 13.2 Å². The number of benzene rings is 3. The Bertz CT molecular complexity index is 1250. The number of rotatable bonds is 10. The minimum Gasteiger partial charge on any atom is -0.489 e. The van der Waals surface area contributed by atoms with Crippen LogP contribution in [0, 0.1) is 0 Å². The van der Waals surface area contributed by atoms with Crippen molar-refractivity contribution in [3.63, 3.8) is 0 Å². The number of piperidine rings is 1. The highest BCUT2D eigenvalue weighted by Gasteiger charge is 2.39. The fourth-order valence-corrected chi connectivity index (χ4v) is 7.41. The third-order valence-corrected chi connectivity index (χ3v) is 9.75. The van der Waals surface area contributed by atoms with E-state index in [0.717, 1.165) is 77.4 Å². The van der Waals surface area contributed by atoms with Crippen LogP contribution >= 0.6 is 0 Å². The van der Waals surface area contributed by atoms with E-state index in [4.69, 9.17) is 9.47 Å². The summed E-state index contributed by atoms with van der Waals surface area (Å²) in [5, 5.41) is 3.31. The molecule has 2 saturated heterocycles. The average molecular weight is 582 g/mol. The smallest absolute Gasteiger partial charge is 0.251 e. The molecule has 1 saturated carbocycles. The Kier molecular flexibility index (Phi) is 10.1. The van der Waals surface area contributed by atoms with Crippen molar-refractivity contribution in [2.75, 3.05) is 52.5 Å². The molecule has 6 nitrogen and oxygen atoms in total. The van der Waals surface area contributed by atoms with Crippen LogP contribution in [-0.2, 0) is 4.74 Å². The summed E-state index contributed by atoms with van der Waals surface area (Å²) in [5.41, 5.74) is 3.42. The zero-order valence-electron chi connectivity index (χ0n) is 25.5. The summed E-state index contributed by atoms with van der Waals surface area (Å²) in [6, 6.07) is 29.4. The Morgan fingerprint density at radius 1 is 0.860 bits per heavy atom. The number of hydrogen-bond donors (Lipinski definition) is 1. The highest BCUT2D eigenvalue weighted by Crippen LogP contribution is 2.34. The van der Waals surface area contributed by atoms with E-state index in [1.807, 2.05) is 24.3 Å². The van der Waals surface area contributed by atoms with Gasteiger partial charge in [-0.3, -0.25) is 14.6 Å². The van der Waals surface area contributed by atoms with Gasteiger partial charge in [-0.15, -0.1) is 0 Å². The van der Waals surface area contributed by atoms with E-state index in [2.05, 4.69) is 75.8 Å². The largest absolute Gasteiger partial charge is 0.489 e. The molecule has 0 radical (unpaired) electrons. The summed E-state index contributed by atoms with van der Waals surface area (Å²) in [6.07, 6.45) is 8.26. The van der Waals surface area contributed by atoms with Crippen molar-refractivity contribution in [2.45, 2.75) is 62.5 Å². The predicted molar refractivity (Wildman–Crippen MR) is 172 cm³/mol. The van der Waals surface area contributed by atoms with E-state index in [9.17, 15) is 4.79 Å². The lowest BCUT2D eigenvalue weighted by Crippen LogP contribution is -2.59. The second-order valence-corrected chi connectivity index (χ2v) is 12.6.